The lowest BCUT2D eigenvalue weighted by Crippen LogP contribution is -2.23. The predicted molar refractivity (Wildman–Crippen MR) is 62.7 cm³/mol. The second kappa shape index (κ2) is 4.62. The molecule has 2 rings (SSSR count). The van der Waals surface area contributed by atoms with E-state index in [1.54, 1.807) is 5.57 Å². The molecule has 0 radical (unpaired) electrons. The molecule has 1 aromatic heterocycles. The molecule has 0 aliphatic carbocycles. The van der Waals surface area contributed by atoms with Gasteiger partial charge in [0, 0.05) is 7.05 Å². The van der Waals surface area contributed by atoms with Gasteiger partial charge in [-0.05, 0) is 44.5 Å². The van der Waals surface area contributed by atoms with Gasteiger partial charge in [-0.2, -0.15) is 5.10 Å². The predicted octanol–water partition coefficient (Wildman–Crippen LogP) is 1.75. The molecule has 1 aliphatic rings. The Morgan fingerprint density at radius 1 is 1.47 bits per heavy atom. The first-order chi connectivity index (χ1) is 7.29. The third-order valence-corrected chi connectivity index (χ3v) is 2.93. The fourth-order valence-electron chi connectivity index (χ4n) is 1.95. The first-order valence-corrected chi connectivity index (χ1v) is 5.72. The molecule has 3 nitrogen and oxygen atoms in total. The average molecular weight is 205 g/mol. The summed E-state index contributed by atoms with van der Waals surface area (Å²) in [7, 11) is 2.02. The quantitative estimate of drug-likeness (QED) is 0.797. The van der Waals surface area contributed by atoms with E-state index in [1.807, 2.05) is 11.7 Å². The highest BCUT2D eigenvalue weighted by molar-refractivity contribution is 5.50. The summed E-state index contributed by atoms with van der Waals surface area (Å²) in [6.07, 6.45) is 5.66. The second-order valence-electron chi connectivity index (χ2n) is 4.09. The van der Waals surface area contributed by atoms with E-state index in [-0.39, 0.29) is 0 Å². The Kier molecular flexibility index (Phi) is 3.21. The Morgan fingerprint density at radius 2 is 2.20 bits per heavy atom. The van der Waals surface area contributed by atoms with E-state index < -0.39 is 0 Å². The molecule has 1 aliphatic heterocycles. The van der Waals surface area contributed by atoms with Crippen molar-refractivity contribution in [1.29, 1.82) is 0 Å². The van der Waals surface area contributed by atoms with Crippen LogP contribution in [-0.2, 0) is 13.5 Å². The summed E-state index contributed by atoms with van der Waals surface area (Å²) >= 11 is 0. The maximum absolute atomic E-state index is 4.45. The van der Waals surface area contributed by atoms with E-state index in [9.17, 15) is 0 Å². The van der Waals surface area contributed by atoms with Gasteiger partial charge in [0.15, 0.2) is 0 Å². The van der Waals surface area contributed by atoms with Gasteiger partial charge in [0.2, 0.25) is 0 Å². The molecule has 0 unspecified atom stereocenters. The maximum Gasteiger partial charge on any atom is 0.0628 e. The fourth-order valence-corrected chi connectivity index (χ4v) is 1.95. The first-order valence-electron chi connectivity index (χ1n) is 5.72. The molecule has 1 fully saturated rings. The first kappa shape index (κ1) is 10.4. The molecule has 2 heterocycles. The summed E-state index contributed by atoms with van der Waals surface area (Å²) in [6, 6.07) is 2.19. The number of nitrogens with zero attached hydrogens (tertiary/aromatic N) is 2. The van der Waals surface area contributed by atoms with Crippen LogP contribution in [0.2, 0.25) is 0 Å². The minimum atomic E-state index is 1.01. The SMILES string of the molecule is CCc1cc(C=C2CCNCC2)n(C)n1. The van der Waals surface area contributed by atoms with Crippen molar-refractivity contribution < 1.29 is 0 Å². The summed E-state index contributed by atoms with van der Waals surface area (Å²) in [5, 5.41) is 7.82. The van der Waals surface area contributed by atoms with Crippen LogP contribution in [-0.4, -0.2) is 22.9 Å². The molecule has 0 amide bonds. The molecular weight excluding hydrogens is 186 g/mol. The van der Waals surface area contributed by atoms with Crippen molar-refractivity contribution in [1.82, 2.24) is 15.1 Å². The number of rotatable bonds is 2. The second-order valence-corrected chi connectivity index (χ2v) is 4.09. The molecule has 0 spiro atoms. The fraction of sp³-hybridized carbons (Fsp3) is 0.583. The third kappa shape index (κ3) is 2.48. The summed E-state index contributed by atoms with van der Waals surface area (Å²) in [6.45, 7) is 4.37. The van der Waals surface area contributed by atoms with E-state index in [2.05, 4.69) is 29.5 Å². The molecule has 1 saturated heterocycles. The highest BCUT2D eigenvalue weighted by Crippen LogP contribution is 2.15. The number of hydrogen-bond acceptors (Lipinski definition) is 2. The highest BCUT2D eigenvalue weighted by atomic mass is 15.3. The molecule has 0 aromatic carbocycles. The van der Waals surface area contributed by atoms with E-state index in [0.717, 1.165) is 19.5 Å². The lowest BCUT2D eigenvalue weighted by atomic mass is 10.0. The van der Waals surface area contributed by atoms with E-state index in [4.69, 9.17) is 0 Å². The zero-order valence-corrected chi connectivity index (χ0v) is 9.58. The number of aromatic nitrogens is 2. The van der Waals surface area contributed by atoms with Crippen molar-refractivity contribution >= 4 is 6.08 Å². The van der Waals surface area contributed by atoms with Gasteiger partial charge < -0.3 is 5.32 Å². The van der Waals surface area contributed by atoms with Gasteiger partial charge in [-0.3, -0.25) is 4.68 Å². The maximum atomic E-state index is 4.45. The molecule has 15 heavy (non-hydrogen) atoms. The van der Waals surface area contributed by atoms with Crippen LogP contribution in [0.4, 0.5) is 0 Å². The molecule has 1 aromatic rings. The van der Waals surface area contributed by atoms with Crippen LogP contribution in [0.1, 0.15) is 31.2 Å². The van der Waals surface area contributed by atoms with Crippen molar-refractivity contribution in [3.05, 3.63) is 23.0 Å². The number of piperidine rings is 1. The smallest absolute Gasteiger partial charge is 0.0628 e. The molecule has 82 valence electrons. The minimum absolute atomic E-state index is 1.01. The van der Waals surface area contributed by atoms with Crippen LogP contribution >= 0.6 is 0 Å². The highest BCUT2D eigenvalue weighted by Gasteiger charge is 2.06. The largest absolute Gasteiger partial charge is 0.316 e. The van der Waals surface area contributed by atoms with E-state index in [0.29, 0.717) is 0 Å². The van der Waals surface area contributed by atoms with Gasteiger partial charge in [0.05, 0.1) is 11.4 Å². The topological polar surface area (TPSA) is 29.9 Å². The van der Waals surface area contributed by atoms with Gasteiger partial charge in [-0.25, -0.2) is 0 Å². The van der Waals surface area contributed by atoms with E-state index >= 15 is 0 Å². The van der Waals surface area contributed by atoms with Crippen LogP contribution < -0.4 is 5.32 Å². The zero-order chi connectivity index (χ0) is 10.7. The van der Waals surface area contributed by atoms with Crippen LogP contribution in [0.3, 0.4) is 0 Å². The minimum Gasteiger partial charge on any atom is -0.316 e. The Morgan fingerprint density at radius 3 is 2.80 bits per heavy atom. The van der Waals surface area contributed by atoms with Gasteiger partial charge in [-0.15, -0.1) is 0 Å². The average Bonchev–Trinajstić information content (AvgIpc) is 2.61. The van der Waals surface area contributed by atoms with Crippen molar-refractivity contribution in [2.24, 2.45) is 7.05 Å². The summed E-state index contributed by atoms with van der Waals surface area (Å²) in [5.74, 6) is 0. The molecule has 3 heteroatoms. The number of nitrogens with one attached hydrogen (secondary N) is 1. The lowest BCUT2D eigenvalue weighted by molar-refractivity contribution is 0.612. The van der Waals surface area contributed by atoms with E-state index in [1.165, 1.54) is 24.2 Å². The molecule has 0 bridgehead atoms. The molecule has 1 N–H and O–H groups in total. The summed E-state index contributed by atoms with van der Waals surface area (Å²) in [4.78, 5) is 0. The van der Waals surface area contributed by atoms with Crippen molar-refractivity contribution in [2.45, 2.75) is 26.2 Å². The number of aryl methyl sites for hydroxylation is 2. The molecule has 0 atom stereocenters. The zero-order valence-electron chi connectivity index (χ0n) is 9.58. The molecular formula is C12H19N3. The number of hydrogen-bond donors (Lipinski definition) is 1. The van der Waals surface area contributed by atoms with Gasteiger partial charge in [-0.1, -0.05) is 12.5 Å². The lowest BCUT2D eigenvalue weighted by Gasteiger charge is -2.14. The van der Waals surface area contributed by atoms with Crippen molar-refractivity contribution in [3.8, 4) is 0 Å². The Labute approximate surface area is 91.2 Å². The van der Waals surface area contributed by atoms with Gasteiger partial charge in [0.25, 0.3) is 0 Å². The third-order valence-electron chi connectivity index (χ3n) is 2.93. The van der Waals surface area contributed by atoms with Crippen LogP contribution in [0.15, 0.2) is 11.6 Å². The monoisotopic (exact) mass is 205 g/mol. The Balaban J connectivity index is 2.17. The Bertz CT molecular complexity index is 355. The van der Waals surface area contributed by atoms with Gasteiger partial charge >= 0.3 is 0 Å². The van der Waals surface area contributed by atoms with Crippen molar-refractivity contribution in [3.63, 3.8) is 0 Å². The molecule has 0 saturated carbocycles. The van der Waals surface area contributed by atoms with Crippen LogP contribution in [0.25, 0.3) is 6.08 Å². The van der Waals surface area contributed by atoms with Crippen LogP contribution in [0.5, 0.6) is 0 Å². The van der Waals surface area contributed by atoms with Crippen molar-refractivity contribution in [2.75, 3.05) is 13.1 Å². The van der Waals surface area contributed by atoms with Crippen LogP contribution in [0, 0.1) is 0 Å². The standard InChI is InChI=1S/C12H19N3/c1-3-11-9-12(15(2)14-11)8-10-4-6-13-7-5-10/h8-9,13H,3-7H2,1-2H3. The normalized spacial score (nSPS) is 16.8. The summed E-state index contributed by atoms with van der Waals surface area (Å²) in [5.41, 5.74) is 3.96. The summed E-state index contributed by atoms with van der Waals surface area (Å²) < 4.78 is 1.98. The van der Waals surface area contributed by atoms with Gasteiger partial charge in [0.1, 0.15) is 0 Å². The Hall–Kier alpha value is -1.09.